The minimum absolute atomic E-state index is 0.112. The van der Waals surface area contributed by atoms with Gasteiger partial charge in [0.1, 0.15) is 12.2 Å². The number of nitrogens with zero attached hydrogens (tertiary/aromatic N) is 3. The summed E-state index contributed by atoms with van der Waals surface area (Å²) >= 11 is 0. The molecule has 0 aliphatic rings. The van der Waals surface area contributed by atoms with Crippen molar-refractivity contribution in [3.8, 4) is 0 Å². The van der Waals surface area contributed by atoms with Crippen LogP contribution >= 0.6 is 0 Å². The molecular weight excluding hydrogens is 242 g/mol. The molecule has 19 heavy (non-hydrogen) atoms. The van der Waals surface area contributed by atoms with Gasteiger partial charge in [0.2, 0.25) is 0 Å². The SMILES string of the molecule is CCCC(OCC)C(O)Cc1ncnn1CC(C)C. The average Bonchev–Trinajstić information content (AvgIpc) is 2.75. The second-order valence-corrected chi connectivity index (χ2v) is 5.31. The maximum absolute atomic E-state index is 10.3. The highest BCUT2D eigenvalue weighted by Crippen LogP contribution is 2.12. The highest BCUT2D eigenvalue weighted by Gasteiger charge is 2.21. The van der Waals surface area contributed by atoms with Gasteiger partial charge in [-0.3, -0.25) is 0 Å². The van der Waals surface area contributed by atoms with Crippen molar-refractivity contribution >= 4 is 0 Å². The summed E-state index contributed by atoms with van der Waals surface area (Å²) in [6.07, 6.45) is 3.29. The van der Waals surface area contributed by atoms with Gasteiger partial charge in [-0.2, -0.15) is 5.10 Å². The fraction of sp³-hybridized carbons (Fsp3) is 0.857. The van der Waals surface area contributed by atoms with Crippen molar-refractivity contribution in [3.63, 3.8) is 0 Å². The van der Waals surface area contributed by atoms with Gasteiger partial charge in [-0.1, -0.05) is 27.2 Å². The Balaban J connectivity index is 2.63. The van der Waals surface area contributed by atoms with Gasteiger partial charge in [-0.05, 0) is 19.3 Å². The molecule has 0 aliphatic carbocycles. The number of hydrogen-bond donors (Lipinski definition) is 1. The van der Waals surface area contributed by atoms with Crippen LogP contribution in [-0.4, -0.2) is 38.7 Å². The van der Waals surface area contributed by atoms with Crippen molar-refractivity contribution in [3.05, 3.63) is 12.2 Å². The molecule has 1 aromatic rings. The summed E-state index contributed by atoms with van der Waals surface area (Å²) in [6.45, 7) is 9.79. The van der Waals surface area contributed by atoms with Gasteiger partial charge in [0.15, 0.2) is 0 Å². The Labute approximate surface area is 116 Å². The first-order valence-electron chi connectivity index (χ1n) is 7.24. The third kappa shape index (κ3) is 5.28. The van der Waals surface area contributed by atoms with E-state index in [4.69, 9.17) is 4.74 Å². The van der Waals surface area contributed by atoms with Crippen LogP contribution in [0.4, 0.5) is 0 Å². The lowest BCUT2D eigenvalue weighted by atomic mass is 10.1. The molecule has 0 saturated heterocycles. The predicted molar refractivity (Wildman–Crippen MR) is 74.9 cm³/mol. The van der Waals surface area contributed by atoms with Gasteiger partial charge >= 0.3 is 0 Å². The fourth-order valence-corrected chi connectivity index (χ4v) is 2.15. The van der Waals surface area contributed by atoms with Gasteiger partial charge in [0.25, 0.3) is 0 Å². The van der Waals surface area contributed by atoms with E-state index in [9.17, 15) is 5.11 Å². The zero-order chi connectivity index (χ0) is 14.3. The molecule has 0 bridgehead atoms. The molecule has 1 aromatic heterocycles. The summed E-state index contributed by atoms with van der Waals surface area (Å²) < 4.78 is 7.48. The first kappa shape index (κ1) is 16.1. The zero-order valence-electron chi connectivity index (χ0n) is 12.5. The second kappa shape index (κ2) is 8.27. The summed E-state index contributed by atoms with van der Waals surface area (Å²) in [5.41, 5.74) is 0. The Morgan fingerprint density at radius 3 is 2.68 bits per heavy atom. The van der Waals surface area contributed by atoms with Gasteiger partial charge in [0, 0.05) is 19.6 Å². The molecule has 0 fully saturated rings. The number of aromatic nitrogens is 3. The van der Waals surface area contributed by atoms with E-state index in [-0.39, 0.29) is 6.10 Å². The largest absolute Gasteiger partial charge is 0.390 e. The maximum Gasteiger partial charge on any atom is 0.138 e. The van der Waals surface area contributed by atoms with E-state index in [0.29, 0.717) is 18.9 Å². The van der Waals surface area contributed by atoms with Crippen LogP contribution in [0.15, 0.2) is 6.33 Å². The summed E-state index contributed by atoms with van der Waals surface area (Å²) in [6, 6.07) is 0. The molecule has 2 unspecified atom stereocenters. The Bertz CT molecular complexity index is 346. The Hall–Kier alpha value is -0.940. The van der Waals surface area contributed by atoms with Gasteiger partial charge < -0.3 is 9.84 Å². The lowest BCUT2D eigenvalue weighted by molar-refractivity contribution is -0.0374. The van der Waals surface area contributed by atoms with E-state index >= 15 is 0 Å². The molecule has 5 nitrogen and oxygen atoms in total. The van der Waals surface area contributed by atoms with Crippen LogP contribution < -0.4 is 0 Å². The lowest BCUT2D eigenvalue weighted by Crippen LogP contribution is -2.32. The van der Waals surface area contributed by atoms with Crippen molar-refractivity contribution < 1.29 is 9.84 Å². The van der Waals surface area contributed by atoms with Crippen LogP contribution in [0.1, 0.15) is 46.4 Å². The molecule has 5 heteroatoms. The molecule has 1 N–H and O–H groups in total. The highest BCUT2D eigenvalue weighted by molar-refractivity contribution is 4.90. The van der Waals surface area contributed by atoms with Crippen LogP contribution in [0.25, 0.3) is 0 Å². The van der Waals surface area contributed by atoms with E-state index in [0.717, 1.165) is 25.2 Å². The first-order valence-corrected chi connectivity index (χ1v) is 7.24. The van der Waals surface area contributed by atoms with Gasteiger partial charge in [-0.15, -0.1) is 0 Å². The van der Waals surface area contributed by atoms with Crippen LogP contribution in [0.5, 0.6) is 0 Å². The summed E-state index contributed by atoms with van der Waals surface area (Å²) in [5.74, 6) is 1.35. The van der Waals surface area contributed by atoms with E-state index in [1.807, 2.05) is 11.6 Å². The zero-order valence-corrected chi connectivity index (χ0v) is 12.5. The van der Waals surface area contributed by atoms with Crippen LogP contribution in [-0.2, 0) is 17.7 Å². The third-order valence-corrected chi connectivity index (χ3v) is 3.01. The standard InChI is InChI=1S/C14H27N3O2/c1-5-7-13(19-6-2)12(18)8-14-15-10-16-17(14)9-11(3)4/h10-13,18H,5-9H2,1-4H3. The fourth-order valence-electron chi connectivity index (χ4n) is 2.15. The topological polar surface area (TPSA) is 60.2 Å². The number of aliphatic hydroxyl groups excluding tert-OH is 1. The number of rotatable bonds is 9. The molecule has 1 rings (SSSR count). The second-order valence-electron chi connectivity index (χ2n) is 5.31. The van der Waals surface area contributed by atoms with E-state index in [2.05, 4.69) is 30.9 Å². The highest BCUT2D eigenvalue weighted by atomic mass is 16.5. The molecule has 0 radical (unpaired) electrons. The molecule has 0 amide bonds. The minimum atomic E-state index is -0.519. The third-order valence-electron chi connectivity index (χ3n) is 3.01. The molecule has 1 heterocycles. The van der Waals surface area contributed by atoms with Gasteiger partial charge in [-0.25, -0.2) is 9.67 Å². The quantitative estimate of drug-likeness (QED) is 0.745. The van der Waals surface area contributed by atoms with Crippen LogP contribution in [0.2, 0.25) is 0 Å². The Morgan fingerprint density at radius 1 is 1.37 bits per heavy atom. The summed E-state index contributed by atoms with van der Waals surface area (Å²) in [7, 11) is 0. The molecule has 0 aromatic carbocycles. The number of ether oxygens (including phenoxy) is 1. The van der Waals surface area contributed by atoms with Crippen LogP contribution in [0.3, 0.4) is 0 Å². The normalized spacial score (nSPS) is 14.8. The molecule has 2 atom stereocenters. The lowest BCUT2D eigenvalue weighted by Gasteiger charge is -2.22. The average molecular weight is 269 g/mol. The monoisotopic (exact) mass is 269 g/mol. The Morgan fingerprint density at radius 2 is 2.11 bits per heavy atom. The predicted octanol–water partition coefficient (Wildman–Crippen LogP) is 2.04. The maximum atomic E-state index is 10.3. The van der Waals surface area contributed by atoms with Crippen molar-refractivity contribution in [1.82, 2.24) is 14.8 Å². The molecule has 0 saturated carbocycles. The summed E-state index contributed by atoms with van der Waals surface area (Å²) in [4.78, 5) is 4.25. The van der Waals surface area contributed by atoms with E-state index in [1.165, 1.54) is 0 Å². The molecule has 110 valence electrons. The number of hydrogen-bond acceptors (Lipinski definition) is 4. The molecule has 0 aliphatic heterocycles. The van der Waals surface area contributed by atoms with Crippen molar-refractivity contribution in [2.45, 2.75) is 65.7 Å². The van der Waals surface area contributed by atoms with E-state index < -0.39 is 6.10 Å². The van der Waals surface area contributed by atoms with Crippen molar-refractivity contribution in [2.75, 3.05) is 6.61 Å². The minimum Gasteiger partial charge on any atom is -0.390 e. The molecular formula is C14H27N3O2. The van der Waals surface area contributed by atoms with Crippen LogP contribution in [0, 0.1) is 5.92 Å². The van der Waals surface area contributed by atoms with Gasteiger partial charge in [0.05, 0.1) is 12.2 Å². The van der Waals surface area contributed by atoms with Crippen molar-refractivity contribution in [1.29, 1.82) is 0 Å². The summed E-state index contributed by atoms with van der Waals surface area (Å²) in [5, 5.41) is 14.5. The van der Waals surface area contributed by atoms with Crippen molar-refractivity contribution in [2.24, 2.45) is 5.92 Å². The smallest absolute Gasteiger partial charge is 0.138 e. The molecule has 0 spiro atoms. The Kier molecular flexibility index (Phi) is 7.02. The van der Waals surface area contributed by atoms with E-state index in [1.54, 1.807) is 6.33 Å². The first-order chi connectivity index (χ1) is 9.08. The number of aliphatic hydroxyl groups is 1.